The van der Waals surface area contributed by atoms with Crippen molar-refractivity contribution in [3.8, 4) is 11.8 Å². The SMILES string of the molecule is CCNCc1cc(OCCCC#N)ccc1Br. The minimum Gasteiger partial charge on any atom is -0.494 e. The van der Waals surface area contributed by atoms with Gasteiger partial charge in [-0.2, -0.15) is 5.26 Å². The number of ether oxygens (including phenoxy) is 1. The first-order valence-electron chi connectivity index (χ1n) is 5.76. The van der Waals surface area contributed by atoms with Crippen molar-refractivity contribution in [2.75, 3.05) is 13.2 Å². The quantitative estimate of drug-likeness (QED) is 0.786. The maximum Gasteiger partial charge on any atom is 0.119 e. The summed E-state index contributed by atoms with van der Waals surface area (Å²) in [6.07, 6.45) is 1.32. The predicted molar refractivity (Wildman–Crippen MR) is 71.9 cm³/mol. The van der Waals surface area contributed by atoms with E-state index in [1.54, 1.807) is 0 Å². The first-order valence-corrected chi connectivity index (χ1v) is 6.56. The molecule has 17 heavy (non-hydrogen) atoms. The van der Waals surface area contributed by atoms with Gasteiger partial charge in [0.15, 0.2) is 0 Å². The van der Waals surface area contributed by atoms with Crippen molar-refractivity contribution >= 4 is 15.9 Å². The van der Waals surface area contributed by atoms with Crippen LogP contribution in [0.5, 0.6) is 5.75 Å². The number of hydrogen-bond donors (Lipinski definition) is 1. The molecule has 3 nitrogen and oxygen atoms in total. The Kier molecular flexibility index (Phi) is 6.68. The van der Waals surface area contributed by atoms with Crippen LogP contribution in [0.4, 0.5) is 0 Å². The molecule has 0 saturated carbocycles. The minimum absolute atomic E-state index is 0.542. The number of benzene rings is 1. The topological polar surface area (TPSA) is 45.0 Å². The Hall–Kier alpha value is -1.05. The number of nitrogens with one attached hydrogen (secondary N) is 1. The molecule has 0 amide bonds. The molecule has 1 N–H and O–H groups in total. The third-order valence-electron chi connectivity index (χ3n) is 2.28. The molecule has 1 aromatic carbocycles. The molecule has 0 fully saturated rings. The van der Waals surface area contributed by atoms with Crippen LogP contribution in [0.2, 0.25) is 0 Å². The third kappa shape index (κ3) is 5.20. The van der Waals surface area contributed by atoms with E-state index in [4.69, 9.17) is 10.00 Å². The molecule has 0 aliphatic carbocycles. The van der Waals surface area contributed by atoms with Crippen molar-refractivity contribution in [2.24, 2.45) is 0 Å². The monoisotopic (exact) mass is 296 g/mol. The Bertz CT molecular complexity index is 387. The average molecular weight is 297 g/mol. The molecule has 0 aliphatic heterocycles. The van der Waals surface area contributed by atoms with Crippen LogP contribution in [0.1, 0.15) is 25.3 Å². The van der Waals surface area contributed by atoms with Gasteiger partial charge in [-0.15, -0.1) is 0 Å². The van der Waals surface area contributed by atoms with Gasteiger partial charge in [-0.25, -0.2) is 0 Å². The Morgan fingerprint density at radius 3 is 3.00 bits per heavy atom. The smallest absolute Gasteiger partial charge is 0.119 e. The summed E-state index contributed by atoms with van der Waals surface area (Å²) in [6, 6.07) is 8.06. The van der Waals surface area contributed by atoms with Crippen molar-refractivity contribution in [3.05, 3.63) is 28.2 Å². The van der Waals surface area contributed by atoms with Crippen LogP contribution in [0, 0.1) is 11.3 Å². The summed E-state index contributed by atoms with van der Waals surface area (Å²) in [5.41, 5.74) is 1.18. The first-order chi connectivity index (χ1) is 8.27. The molecule has 0 radical (unpaired) electrons. The summed E-state index contributed by atoms with van der Waals surface area (Å²) in [5, 5.41) is 11.7. The Morgan fingerprint density at radius 1 is 1.47 bits per heavy atom. The molecule has 4 heteroatoms. The highest BCUT2D eigenvalue weighted by atomic mass is 79.9. The molecule has 0 unspecified atom stereocenters. The van der Waals surface area contributed by atoms with Gasteiger partial charge in [-0.3, -0.25) is 0 Å². The Morgan fingerprint density at radius 2 is 2.29 bits per heavy atom. The van der Waals surface area contributed by atoms with E-state index in [9.17, 15) is 0 Å². The Labute approximate surface area is 111 Å². The average Bonchev–Trinajstić information content (AvgIpc) is 2.35. The van der Waals surface area contributed by atoms with E-state index < -0.39 is 0 Å². The lowest BCUT2D eigenvalue weighted by Gasteiger charge is -2.09. The maximum atomic E-state index is 8.42. The molecule has 0 spiro atoms. The van der Waals surface area contributed by atoms with Crippen molar-refractivity contribution in [3.63, 3.8) is 0 Å². The molecular formula is C13H17BrN2O. The number of hydrogen-bond acceptors (Lipinski definition) is 3. The van der Waals surface area contributed by atoms with Crippen molar-refractivity contribution in [2.45, 2.75) is 26.3 Å². The van der Waals surface area contributed by atoms with Gasteiger partial charge in [-0.05, 0) is 36.7 Å². The lowest BCUT2D eigenvalue weighted by atomic mass is 10.2. The number of rotatable bonds is 7. The van der Waals surface area contributed by atoms with Crippen molar-refractivity contribution in [1.29, 1.82) is 5.26 Å². The van der Waals surface area contributed by atoms with Crippen LogP contribution < -0.4 is 10.1 Å². The first kappa shape index (κ1) is 14.0. The van der Waals surface area contributed by atoms with E-state index in [0.29, 0.717) is 13.0 Å². The van der Waals surface area contributed by atoms with Gasteiger partial charge < -0.3 is 10.1 Å². The molecule has 0 heterocycles. The van der Waals surface area contributed by atoms with Crippen molar-refractivity contribution in [1.82, 2.24) is 5.32 Å². The van der Waals surface area contributed by atoms with Crippen LogP contribution in [-0.2, 0) is 6.54 Å². The lowest BCUT2D eigenvalue weighted by Crippen LogP contribution is -2.12. The highest BCUT2D eigenvalue weighted by Crippen LogP contribution is 2.22. The van der Waals surface area contributed by atoms with Gasteiger partial charge in [0.25, 0.3) is 0 Å². The van der Waals surface area contributed by atoms with E-state index >= 15 is 0 Å². The molecule has 0 bridgehead atoms. The molecular weight excluding hydrogens is 280 g/mol. The highest BCUT2D eigenvalue weighted by molar-refractivity contribution is 9.10. The van der Waals surface area contributed by atoms with Gasteiger partial charge in [0, 0.05) is 17.4 Å². The molecule has 0 aromatic heterocycles. The molecule has 92 valence electrons. The van der Waals surface area contributed by atoms with E-state index in [-0.39, 0.29) is 0 Å². The van der Waals surface area contributed by atoms with Crippen molar-refractivity contribution < 1.29 is 4.74 Å². The summed E-state index contributed by atoms with van der Waals surface area (Å²) in [5.74, 6) is 0.860. The summed E-state index contributed by atoms with van der Waals surface area (Å²) in [6.45, 7) is 4.44. The van der Waals surface area contributed by atoms with E-state index in [2.05, 4.69) is 34.2 Å². The lowest BCUT2D eigenvalue weighted by molar-refractivity contribution is 0.312. The second-order valence-corrected chi connectivity index (χ2v) is 4.50. The van der Waals surface area contributed by atoms with Gasteiger partial charge >= 0.3 is 0 Å². The molecule has 1 aromatic rings. The predicted octanol–water partition coefficient (Wildman–Crippen LogP) is 3.24. The van der Waals surface area contributed by atoms with E-state index in [1.165, 1.54) is 5.56 Å². The number of nitriles is 1. The van der Waals surface area contributed by atoms with Crippen LogP contribution in [0.3, 0.4) is 0 Å². The molecule has 1 rings (SSSR count). The molecule has 0 atom stereocenters. The van der Waals surface area contributed by atoms with E-state index in [1.807, 2.05) is 18.2 Å². The van der Waals surface area contributed by atoms with Crippen LogP contribution >= 0.6 is 15.9 Å². The number of unbranched alkanes of at least 4 members (excludes halogenated alkanes) is 1. The van der Waals surface area contributed by atoms with Gasteiger partial charge in [0.05, 0.1) is 12.7 Å². The molecule has 0 aliphatic rings. The molecule has 0 saturated heterocycles. The van der Waals surface area contributed by atoms with Crippen LogP contribution in [0.25, 0.3) is 0 Å². The summed E-state index contributed by atoms with van der Waals surface area (Å²) < 4.78 is 6.67. The second-order valence-electron chi connectivity index (χ2n) is 3.64. The summed E-state index contributed by atoms with van der Waals surface area (Å²) in [7, 11) is 0. The van der Waals surface area contributed by atoms with Gasteiger partial charge in [0.2, 0.25) is 0 Å². The summed E-state index contributed by atoms with van der Waals surface area (Å²) in [4.78, 5) is 0. The van der Waals surface area contributed by atoms with Crippen LogP contribution in [-0.4, -0.2) is 13.2 Å². The fourth-order valence-electron chi connectivity index (χ4n) is 1.38. The fraction of sp³-hybridized carbons (Fsp3) is 0.462. The number of nitrogens with zero attached hydrogens (tertiary/aromatic N) is 1. The van der Waals surface area contributed by atoms with Crippen LogP contribution in [0.15, 0.2) is 22.7 Å². The summed E-state index contributed by atoms with van der Waals surface area (Å²) >= 11 is 3.52. The zero-order valence-electron chi connectivity index (χ0n) is 10.0. The fourth-order valence-corrected chi connectivity index (χ4v) is 1.76. The highest BCUT2D eigenvalue weighted by Gasteiger charge is 2.02. The van der Waals surface area contributed by atoms with Gasteiger partial charge in [-0.1, -0.05) is 22.9 Å². The zero-order valence-corrected chi connectivity index (χ0v) is 11.6. The normalized spacial score (nSPS) is 9.94. The second kappa shape index (κ2) is 8.10. The van der Waals surface area contributed by atoms with E-state index in [0.717, 1.165) is 29.7 Å². The Balaban J connectivity index is 2.52. The standard InChI is InChI=1S/C13H17BrN2O/c1-2-16-10-11-9-12(5-6-13(11)14)17-8-4-3-7-15/h5-6,9,16H,2-4,8,10H2,1H3. The largest absolute Gasteiger partial charge is 0.494 e. The maximum absolute atomic E-state index is 8.42. The minimum atomic E-state index is 0.542. The third-order valence-corrected chi connectivity index (χ3v) is 3.06. The zero-order chi connectivity index (χ0) is 12.5. The number of halogens is 1. The van der Waals surface area contributed by atoms with Gasteiger partial charge in [0.1, 0.15) is 5.75 Å².